The molecule has 1 rings (SSSR count). The van der Waals surface area contributed by atoms with Gasteiger partial charge in [-0.3, -0.25) is 0 Å². The monoisotopic (exact) mass is 109 g/mol. The van der Waals surface area contributed by atoms with Crippen LogP contribution in [0.1, 0.15) is 6.92 Å². The van der Waals surface area contributed by atoms with Crippen LogP contribution in [0.15, 0.2) is 18.7 Å². The predicted molar refractivity (Wildman–Crippen MR) is 31.0 cm³/mol. The van der Waals surface area contributed by atoms with E-state index in [1.165, 1.54) is 6.33 Å². The quantitative estimate of drug-likeness (QED) is 0.533. The second-order valence-electron chi connectivity index (χ2n) is 1.36. The molecule has 0 bridgehead atoms. The predicted octanol–water partition coefficient (Wildman–Crippen LogP) is 0.769. The lowest BCUT2D eigenvalue weighted by Crippen LogP contribution is -1.82. The zero-order chi connectivity index (χ0) is 5.82. The fourth-order valence-electron chi connectivity index (χ4n) is 0.447. The lowest BCUT2D eigenvalue weighted by atomic mass is 10.7. The maximum absolute atomic E-state index is 3.82. The maximum Gasteiger partial charge on any atom is 0.138 e. The van der Waals surface area contributed by atoms with E-state index in [2.05, 4.69) is 10.1 Å². The smallest absolute Gasteiger partial charge is 0.138 e. The standard InChI is InChI=1S/C5H7N3/c1-2-3-8-5-6-4-7-8/h2-5H,1H3/b3-2-. The Labute approximate surface area is 47.7 Å². The maximum atomic E-state index is 3.82. The molecule has 0 aliphatic heterocycles. The molecule has 3 nitrogen and oxygen atoms in total. The van der Waals surface area contributed by atoms with Gasteiger partial charge in [0.25, 0.3) is 0 Å². The van der Waals surface area contributed by atoms with Crippen molar-refractivity contribution in [3.8, 4) is 0 Å². The van der Waals surface area contributed by atoms with E-state index in [0.29, 0.717) is 0 Å². The molecule has 0 fully saturated rings. The van der Waals surface area contributed by atoms with Gasteiger partial charge in [-0.1, -0.05) is 6.08 Å². The summed E-state index contributed by atoms with van der Waals surface area (Å²) in [5.41, 5.74) is 0. The molecule has 0 saturated carbocycles. The summed E-state index contributed by atoms with van der Waals surface area (Å²) in [6.07, 6.45) is 6.86. The van der Waals surface area contributed by atoms with Crippen LogP contribution in [0.2, 0.25) is 0 Å². The van der Waals surface area contributed by atoms with E-state index >= 15 is 0 Å². The van der Waals surface area contributed by atoms with E-state index in [-0.39, 0.29) is 0 Å². The van der Waals surface area contributed by atoms with Gasteiger partial charge in [0.15, 0.2) is 0 Å². The van der Waals surface area contributed by atoms with Crippen LogP contribution in [0, 0.1) is 0 Å². The van der Waals surface area contributed by atoms with Crippen molar-refractivity contribution < 1.29 is 0 Å². The normalized spacial score (nSPS) is 10.6. The van der Waals surface area contributed by atoms with Gasteiger partial charge in [-0.25, -0.2) is 9.67 Å². The molecule has 0 radical (unpaired) electrons. The zero-order valence-electron chi connectivity index (χ0n) is 4.65. The minimum atomic E-state index is 1.50. The number of aromatic nitrogens is 3. The molecule has 3 heteroatoms. The molecule has 0 amide bonds. The van der Waals surface area contributed by atoms with Crippen molar-refractivity contribution >= 4 is 6.20 Å². The molecular weight excluding hydrogens is 102 g/mol. The average molecular weight is 109 g/mol. The molecule has 0 aliphatic rings. The van der Waals surface area contributed by atoms with E-state index in [1.807, 2.05) is 19.2 Å². The third-order valence-electron chi connectivity index (χ3n) is 0.738. The summed E-state index contributed by atoms with van der Waals surface area (Å²) in [6.45, 7) is 1.93. The van der Waals surface area contributed by atoms with Gasteiger partial charge in [-0.2, -0.15) is 5.10 Å². The van der Waals surface area contributed by atoms with Crippen molar-refractivity contribution in [2.24, 2.45) is 0 Å². The Morgan fingerprint density at radius 2 is 2.50 bits per heavy atom. The number of nitrogens with zero attached hydrogens (tertiary/aromatic N) is 3. The van der Waals surface area contributed by atoms with E-state index in [4.69, 9.17) is 0 Å². The second kappa shape index (κ2) is 2.26. The Kier molecular flexibility index (Phi) is 1.42. The van der Waals surface area contributed by atoms with Crippen LogP contribution in [-0.4, -0.2) is 14.8 Å². The van der Waals surface area contributed by atoms with E-state index in [9.17, 15) is 0 Å². The molecule has 0 aliphatic carbocycles. The van der Waals surface area contributed by atoms with Crippen molar-refractivity contribution in [2.45, 2.75) is 6.92 Å². The summed E-state index contributed by atoms with van der Waals surface area (Å²) in [7, 11) is 0. The summed E-state index contributed by atoms with van der Waals surface area (Å²) in [6, 6.07) is 0. The Hall–Kier alpha value is -1.12. The summed E-state index contributed by atoms with van der Waals surface area (Å²) < 4.78 is 1.64. The first-order chi connectivity index (χ1) is 3.93. The lowest BCUT2D eigenvalue weighted by Gasteiger charge is -1.81. The fraction of sp³-hybridized carbons (Fsp3) is 0.200. The van der Waals surface area contributed by atoms with Gasteiger partial charge in [0.05, 0.1) is 0 Å². The molecule has 0 aromatic carbocycles. The number of rotatable bonds is 1. The number of hydrogen-bond acceptors (Lipinski definition) is 2. The minimum Gasteiger partial charge on any atom is -0.229 e. The topological polar surface area (TPSA) is 30.7 Å². The molecular formula is C5H7N3. The molecule has 0 spiro atoms. The van der Waals surface area contributed by atoms with Gasteiger partial charge in [-0.15, -0.1) is 0 Å². The molecule has 1 heterocycles. The highest BCUT2D eigenvalue weighted by Gasteiger charge is 1.76. The van der Waals surface area contributed by atoms with Gasteiger partial charge in [0, 0.05) is 6.20 Å². The van der Waals surface area contributed by atoms with Crippen LogP contribution in [0.5, 0.6) is 0 Å². The average Bonchev–Trinajstić information content (AvgIpc) is 2.19. The summed E-state index contributed by atoms with van der Waals surface area (Å²) >= 11 is 0. The van der Waals surface area contributed by atoms with Crippen LogP contribution >= 0.6 is 0 Å². The van der Waals surface area contributed by atoms with Crippen molar-refractivity contribution in [1.82, 2.24) is 14.8 Å². The Morgan fingerprint density at radius 1 is 1.62 bits per heavy atom. The summed E-state index contributed by atoms with van der Waals surface area (Å²) in [5, 5.41) is 3.82. The fourth-order valence-corrected chi connectivity index (χ4v) is 0.447. The van der Waals surface area contributed by atoms with Crippen LogP contribution in [0.25, 0.3) is 6.20 Å². The molecule has 0 N–H and O–H groups in total. The van der Waals surface area contributed by atoms with Gasteiger partial charge < -0.3 is 0 Å². The van der Waals surface area contributed by atoms with Gasteiger partial charge in [0.2, 0.25) is 0 Å². The molecule has 42 valence electrons. The molecule has 0 atom stereocenters. The van der Waals surface area contributed by atoms with Crippen molar-refractivity contribution in [2.75, 3.05) is 0 Å². The Balaban J connectivity index is 2.77. The molecule has 0 saturated heterocycles. The largest absolute Gasteiger partial charge is 0.229 e. The van der Waals surface area contributed by atoms with Gasteiger partial charge in [-0.05, 0) is 6.92 Å². The lowest BCUT2D eigenvalue weighted by molar-refractivity contribution is 0.932. The zero-order valence-corrected chi connectivity index (χ0v) is 4.65. The molecule has 0 unspecified atom stereocenters. The third kappa shape index (κ3) is 0.932. The molecule has 1 aromatic rings. The summed E-state index contributed by atoms with van der Waals surface area (Å²) in [4.78, 5) is 3.74. The third-order valence-corrected chi connectivity index (χ3v) is 0.738. The van der Waals surface area contributed by atoms with E-state index in [0.717, 1.165) is 0 Å². The van der Waals surface area contributed by atoms with Crippen LogP contribution in [0.3, 0.4) is 0 Å². The Morgan fingerprint density at radius 3 is 3.00 bits per heavy atom. The van der Waals surface area contributed by atoms with Gasteiger partial charge >= 0.3 is 0 Å². The summed E-state index contributed by atoms with van der Waals surface area (Å²) in [5.74, 6) is 0. The van der Waals surface area contributed by atoms with Gasteiger partial charge in [0.1, 0.15) is 12.7 Å². The first-order valence-corrected chi connectivity index (χ1v) is 2.40. The highest BCUT2D eigenvalue weighted by atomic mass is 15.3. The first-order valence-electron chi connectivity index (χ1n) is 2.40. The van der Waals surface area contributed by atoms with Crippen LogP contribution in [0.4, 0.5) is 0 Å². The first kappa shape index (κ1) is 5.03. The Bertz CT molecular complexity index is 164. The SMILES string of the molecule is C/C=C\n1cncn1. The van der Waals surface area contributed by atoms with E-state index in [1.54, 1.807) is 11.0 Å². The second-order valence-corrected chi connectivity index (χ2v) is 1.36. The molecule has 1 aromatic heterocycles. The number of hydrogen-bond donors (Lipinski definition) is 0. The van der Waals surface area contributed by atoms with Crippen LogP contribution < -0.4 is 0 Å². The van der Waals surface area contributed by atoms with E-state index < -0.39 is 0 Å². The van der Waals surface area contributed by atoms with Crippen molar-refractivity contribution in [3.63, 3.8) is 0 Å². The highest BCUT2D eigenvalue weighted by molar-refractivity contribution is 5.16. The number of allylic oxidation sites excluding steroid dienone is 1. The minimum absolute atomic E-state index is 1.50. The van der Waals surface area contributed by atoms with Crippen molar-refractivity contribution in [3.05, 3.63) is 18.7 Å². The highest BCUT2D eigenvalue weighted by Crippen LogP contribution is 1.78. The molecule has 8 heavy (non-hydrogen) atoms. The van der Waals surface area contributed by atoms with Crippen molar-refractivity contribution in [1.29, 1.82) is 0 Å². The van der Waals surface area contributed by atoms with Crippen LogP contribution in [-0.2, 0) is 0 Å².